The molecule has 0 unspecified atom stereocenters. The molecule has 0 radical (unpaired) electrons. The number of rotatable bonds is 9. The Labute approximate surface area is 180 Å². The SMILES string of the molecule is CCCCCCCOc1ccc(C(=O)NNC(=O)c2ccc(C(C)(C)C)cc2)cc1. The molecule has 0 bridgehead atoms. The molecule has 2 rings (SSSR count). The minimum Gasteiger partial charge on any atom is -0.494 e. The van der Waals surface area contributed by atoms with Crippen LogP contribution in [-0.4, -0.2) is 18.4 Å². The van der Waals surface area contributed by atoms with Crippen LogP contribution in [0.25, 0.3) is 0 Å². The summed E-state index contributed by atoms with van der Waals surface area (Å²) in [6, 6.07) is 14.3. The van der Waals surface area contributed by atoms with E-state index in [1.807, 2.05) is 12.1 Å². The number of carbonyl (C=O) groups excluding carboxylic acids is 2. The highest BCUT2D eigenvalue weighted by Crippen LogP contribution is 2.22. The van der Waals surface area contributed by atoms with Crippen molar-refractivity contribution in [3.05, 3.63) is 65.2 Å². The van der Waals surface area contributed by atoms with Gasteiger partial charge >= 0.3 is 0 Å². The molecule has 5 nitrogen and oxygen atoms in total. The molecule has 2 aromatic carbocycles. The lowest BCUT2D eigenvalue weighted by atomic mass is 9.87. The first kappa shape index (κ1) is 23.5. The van der Waals surface area contributed by atoms with E-state index < -0.39 is 0 Å². The minimum absolute atomic E-state index is 0.0220. The van der Waals surface area contributed by atoms with Gasteiger partial charge in [0.1, 0.15) is 5.75 Å². The predicted molar refractivity (Wildman–Crippen MR) is 121 cm³/mol. The van der Waals surface area contributed by atoms with Gasteiger partial charge in [-0.05, 0) is 53.8 Å². The zero-order valence-electron chi connectivity index (χ0n) is 18.6. The Balaban J connectivity index is 1.78. The first-order valence-corrected chi connectivity index (χ1v) is 10.8. The summed E-state index contributed by atoms with van der Waals surface area (Å²) in [5.74, 6) is 0.0117. The first-order valence-electron chi connectivity index (χ1n) is 10.8. The third-order valence-corrected chi connectivity index (χ3v) is 4.94. The van der Waals surface area contributed by atoms with Crippen LogP contribution in [-0.2, 0) is 5.41 Å². The molecule has 0 saturated heterocycles. The van der Waals surface area contributed by atoms with Crippen LogP contribution in [0.4, 0.5) is 0 Å². The second kappa shape index (κ2) is 11.4. The fourth-order valence-electron chi connectivity index (χ4n) is 2.98. The van der Waals surface area contributed by atoms with E-state index in [0.29, 0.717) is 17.7 Å². The molecule has 0 heterocycles. The molecule has 0 aromatic heterocycles. The van der Waals surface area contributed by atoms with Crippen LogP contribution < -0.4 is 15.6 Å². The zero-order valence-corrected chi connectivity index (χ0v) is 18.6. The van der Waals surface area contributed by atoms with Gasteiger partial charge in [0.05, 0.1) is 6.61 Å². The Kier molecular flexibility index (Phi) is 8.90. The van der Waals surface area contributed by atoms with Gasteiger partial charge < -0.3 is 4.74 Å². The molecule has 0 aliphatic carbocycles. The van der Waals surface area contributed by atoms with Gasteiger partial charge in [0.2, 0.25) is 0 Å². The topological polar surface area (TPSA) is 67.4 Å². The van der Waals surface area contributed by atoms with Gasteiger partial charge in [0, 0.05) is 11.1 Å². The smallest absolute Gasteiger partial charge is 0.269 e. The molecule has 162 valence electrons. The summed E-state index contributed by atoms with van der Waals surface area (Å²) in [7, 11) is 0. The summed E-state index contributed by atoms with van der Waals surface area (Å²) in [6.07, 6.45) is 5.94. The summed E-state index contributed by atoms with van der Waals surface area (Å²) >= 11 is 0. The van der Waals surface area contributed by atoms with E-state index in [2.05, 4.69) is 38.5 Å². The molecular formula is C25H34N2O3. The number of carbonyl (C=O) groups is 2. The van der Waals surface area contributed by atoms with Gasteiger partial charge in [-0.2, -0.15) is 0 Å². The summed E-state index contributed by atoms with van der Waals surface area (Å²) < 4.78 is 5.71. The zero-order chi connectivity index (χ0) is 22.0. The number of hydrazine groups is 1. The Bertz CT molecular complexity index is 806. The number of unbranched alkanes of at least 4 members (excludes halogenated alkanes) is 4. The van der Waals surface area contributed by atoms with Gasteiger partial charge in [0.25, 0.3) is 11.8 Å². The average molecular weight is 411 g/mol. The monoisotopic (exact) mass is 410 g/mol. The van der Waals surface area contributed by atoms with Crippen LogP contribution in [0.5, 0.6) is 5.75 Å². The van der Waals surface area contributed by atoms with Gasteiger partial charge in [-0.3, -0.25) is 20.4 Å². The van der Waals surface area contributed by atoms with Crippen molar-refractivity contribution < 1.29 is 14.3 Å². The van der Waals surface area contributed by atoms with Crippen molar-refractivity contribution in [3.63, 3.8) is 0 Å². The molecule has 5 heteroatoms. The number of nitrogens with one attached hydrogen (secondary N) is 2. The highest BCUT2D eigenvalue weighted by atomic mass is 16.5. The molecule has 0 fully saturated rings. The van der Waals surface area contributed by atoms with Crippen molar-refractivity contribution in [1.82, 2.24) is 10.9 Å². The third kappa shape index (κ3) is 7.54. The van der Waals surface area contributed by atoms with E-state index >= 15 is 0 Å². The lowest BCUT2D eigenvalue weighted by molar-refractivity contribution is 0.0846. The number of hydrogen-bond acceptors (Lipinski definition) is 3. The van der Waals surface area contributed by atoms with E-state index in [1.165, 1.54) is 25.7 Å². The number of benzene rings is 2. The number of ether oxygens (including phenoxy) is 1. The van der Waals surface area contributed by atoms with Crippen LogP contribution in [0.15, 0.2) is 48.5 Å². The summed E-state index contributed by atoms with van der Waals surface area (Å²) in [4.78, 5) is 24.5. The molecular weight excluding hydrogens is 376 g/mol. The Morgan fingerprint density at radius 3 is 1.77 bits per heavy atom. The molecule has 0 spiro atoms. The molecule has 2 amide bonds. The third-order valence-electron chi connectivity index (χ3n) is 4.94. The first-order chi connectivity index (χ1) is 14.3. The molecule has 30 heavy (non-hydrogen) atoms. The maximum absolute atomic E-state index is 12.3. The molecule has 0 aliphatic rings. The van der Waals surface area contributed by atoms with E-state index in [9.17, 15) is 9.59 Å². The number of amides is 2. The van der Waals surface area contributed by atoms with Crippen molar-refractivity contribution in [2.45, 2.75) is 65.2 Å². The molecule has 0 saturated carbocycles. The Hall–Kier alpha value is -2.82. The summed E-state index contributed by atoms with van der Waals surface area (Å²) in [6.45, 7) is 9.23. The van der Waals surface area contributed by atoms with Crippen LogP contribution in [0.2, 0.25) is 0 Å². The van der Waals surface area contributed by atoms with Crippen molar-refractivity contribution in [1.29, 1.82) is 0 Å². The lowest BCUT2D eigenvalue weighted by Crippen LogP contribution is -2.41. The second-order valence-electron chi connectivity index (χ2n) is 8.52. The molecule has 2 aromatic rings. The van der Waals surface area contributed by atoms with Gasteiger partial charge in [0.15, 0.2) is 0 Å². The van der Waals surface area contributed by atoms with Crippen LogP contribution in [0.1, 0.15) is 86.1 Å². The quantitative estimate of drug-likeness (QED) is 0.429. The normalized spacial score (nSPS) is 11.1. The van der Waals surface area contributed by atoms with Crippen molar-refractivity contribution in [3.8, 4) is 5.75 Å². The van der Waals surface area contributed by atoms with Crippen LogP contribution in [0.3, 0.4) is 0 Å². The van der Waals surface area contributed by atoms with E-state index in [1.54, 1.807) is 36.4 Å². The summed E-state index contributed by atoms with van der Waals surface area (Å²) in [5.41, 5.74) is 7.02. The van der Waals surface area contributed by atoms with Gasteiger partial charge in [-0.1, -0.05) is 65.5 Å². The van der Waals surface area contributed by atoms with Crippen molar-refractivity contribution in [2.75, 3.05) is 6.61 Å². The predicted octanol–water partition coefficient (Wildman–Crippen LogP) is 5.41. The number of hydrogen-bond donors (Lipinski definition) is 2. The van der Waals surface area contributed by atoms with E-state index in [4.69, 9.17) is 4.74 Å². The highest BCUT2D eigenvalue weighted by Gasteiger charge is 2.15. The van der Waals surface area contributed by atoms with Crippen LogP contribution >= 0.6 is 0 Å². The van der Waals surface area contributed by atoms with Gasteiger partial charge in [-0.25, -0.2) is 0 Å². The average Bonchev–Trinajstić information content (AvgIpc) is 2.74. The van der Waals surface area contributed by atoms with E-state index in [-0.39, 0.29) is 17.2 Å². The fourth-order valence-corrected chi connectivity index (χ4v) is 2.98. The molecule has 0 atom stereocenters. The standard InChI is InChI=1S/C25H34N2O3/c1-5-6-7-8-9-18-30-22-16-12-20(13-17-22)24(29)27-26-23(28)19-10-14-21(15-11-19)25(2,3)4/h10-17H,5-9,18H2,1-4H3,(H,26,28)(H,27,29). The van der Waals surface area contributed by atoms with Crippen molar-refractivity contribution in [2.24, 2.45) is 0 Å². The fraction of sp³-hybridized carbons (Fsp3) is 0.440. The summed E-state index contributed by atoms with van der Waals surface area (Å²) in [5, 5.41) is 0. The molecule has 0 aliphatic heterocycles. The Morgan fingerprint density at radius 2 is 1.27 bits per heavy atom. The van der Waals surface area contributed by atoms with Gasteiger partial charge in [-0.15, -0.1) is 0 Å². The van der Waals surface area contributed by atoms with E-state index in [0.717, 1.165) is 17.7 Å². The molecule has 2 N–H and O–H groups in total. The lowest BCUT2D eigenvalue weighted by Gasteiger charge is -2.19. The second-order valence-corrected chi connectivity index (χ2v) is 8.52. The highest BCUT2D eigenvalue weighted by molar-refractivity contribution is 5.99. The van der Waals surface area contributed by atoms with Crippen LogP contribution in [0, 0.1) is 0 Å². The Morgan fingerprint density at radius 1 is 0.767 bits per heavy atom. The maximum atomic E-state index is 12.3. The minimum atomic E-state index is -0.374. The maximum Gasteiger partial charge on any atom is 0.269 e. The van der Waals surface area contributed by atoms with Crippen molar-refractivity contribution >= 4 is 11.8 Å². The largest absolute Gasteiger partial charge is 0.494 e.